The maximum Gasteiger partial charge on any atom is 0.408 e. The van der Waals surface area contributed by atoms with E-state index in [0.717, 1.165) is 0 Å². The van der Waals surface area contributed by atoms with Gasteiger partial charge in [0.25, 0.3) is 5.91 Å². The molecule has 0 aromatic heterocycles. The van der Waals surface area contributed by atoms with Crippen molar-refractivity contribution in [1.29, 1.82) is 0 Å². The Labute approximate surface area is 165 Å². The number of nitrogens with one attached hydrogen (secondary N) is 2. The zero-order chi connectivity index (χ0) is 20.7. The molecule has 3 amide bonds. The van der Waals surface area contributed by atoms with Crippen molar-refractivity contribution >= 4 is 17.9 Å². The van der Waals surface area contributed by atoms with Crippen LogP contribution in [0.25, 0.3) is 0 Å². The molecule has 1 saturated heterocycles. The molecule has 1 fully saturated rings. The van der Waals surface area contributed by atoms with E-state index in [-0.39, 0.29) is 24.4 Å². The van der Waals surface area contributed by atoms with Crippen LogP contribution in [0.4, 0.5) is 4.79 Å². The summed E-state index contributed by atoms with van der Waals surface area (Å²) in [6.07, 6.45) is 0.711. The number of nitrogens with zero attached hydrogens (tertiary/aromatic N) is 1. The predicted molar refractivity (Wildman–Crippen MR) is 104 cm³/mol. The van der Waals surface area contributed by atoms with Crippen molar-refractivity contribution in [2.45, 2.75) is 45.3 Å². The van der Waals surface area contributed by atoms with Crippen molar-refractivity contribution in [1.82, 2.24) is 15.5 Å². The van der Waals surface area contributed by atoms with Crippen LogP contribution in [0.2, 0.25) is 0 Å². The summed E-state index contributed by atoms with van der Waals surface area (Å²) in [4.78, 5) is 37.9. The van der Waals surface area contributed by atoms with Gasteiger partial charge in [0, 0.05) is 24.7 Å². The van der Waals surface area contributed by atoms with E-state index in [9.17, 15) is 14.4 Å². The molecular formula is C20H29N3O5. The van der Waals surface area contributed by atoms with Gasteiger partial charge in [-0.05, 0) is 57.9 Å². The number of hydrogen-bond acceptors (Lipinski definition) is 5. The normalized spacial score (nSPS) is 14.9. The van der Waals surface area contributed by atoms with Gasteiger partial charge >= 0.3 is 6.09 Å². The van der Waals surface area contributed by atoms with E-state index >= 15 is 0 Å². The van der Waals surface area contributed by atoms with Crippen molar-refractivity contribution < 1.29 is 23.9 Å². The topological polar surface area (TPSA) is 97.0 Å². The van der Waals surface area contributed by atoms with Gasteiger partial charge in [-0.15, -0.1) is 0 Å². The van der Waals surface area contributed by atoms with E-state index < -0.39 is 11.7 Å². The molecule has 2 rings (SSSR count). The van der Waals surface area contributed by atoms with Crippen molar-refractivity contribution in [2.24, 2.45) is 0 Å². The zero-order valence-electron chi connectivity index (χ0n) is 16.9. The first kappa shape index (κ1) is 21.5. The van der Waals surface area contributed by atoms with Crippen molar-refractivity contribution in [3.8, 4) is 5.75 Å². The van der Waals surface area contributed by atoms with Crippen LogP contribution in [-0.4, -0.2) is 61.2 Å². The van der Waals surface area contributed by atoms with Crippen LogP contribution in [-0.2, 0) is 9.53 Å². The highest BCUT2D eigenvalue weighted by atomic mass is 16.6. The van der Waals surface area contributed by atoms with Gasteiger partial charge < -0.3 is 25.0 Å². The molecule has 154 valence electrons. The molecule has 28 heavy (non-hydrogen) atoms. The molecule has 0 unspecified atom stereocenters. The minimum Gasteiger partial charge on any atom is -0.497 e. The Kier molecular flexibility index (Phi) is 7.25. The summed E-state index contributed by atoms with van der Waals surface area (Å²) in [5.41, 5.74) is 0.00827. The van der Waals surface area contributed by atoms with Crippen LogP contribution in [0.3, 0.4) is 0 Å². The molecule has 1 aromatic rings. The van der Waals surface area contributed by atoms with Gasteiger partial charge in [0.15, 0.2) is 0 Å². The molecule has 0 spiro atoms. The molecule has 8 nitrogen and oxygen atoms in total. The average Bonchev–Trinajstić information content (AvgIpc) is 2.65. The van der Waals surface area contributed by atoms with Gasteiger partial charge in [-0.1, -0.05) is 0 Å². The molecular weight excluding hydrogens is 362 g/mol. The molecule has 1 aliphatic rings. The maximum atomic E-state index is 12.6. The standard InChI is InChI=1S/C20H29N3O5/c1-20(2,3)28-19(26)21-13-17(24)22-15-9-11-23(12-10-15)18(25)14-5-7-16(27-4)8-6-14/h5-8,15H,9-13H2,1-4H3,(H,21,26)(H,22,24). The van der Waals surface area contributed by atoms with E-state index in [0.29, 0.717) is 37.2 Å². The first-order chi connectivity index (χ1) is 13.2. The molecule has 8 heteroatoms. The third-order valence-corrected chi connectivity index (χ3v) is 4.28. The largest absolute Gasteiger partial charge is 0.497 e. The van der Waals surface area contributed by atoms with Crippen LogP contribution in [0.1, 0.15) is 44.0 Å². The molecule has 0 radical (unpaired) electrons. The molecule has 1 aromatic carbocycles. The van der Waals surface area contributed by atoms with Gasteiger partial charge in [0.2, 0.25) is 5.91 Å². The summed E-state index contributed by atoms with van der Waals surface area (Å²) >= 11 is 0. The number of methoxy groups -OCH3 is 1. The van der Waals surface area contributed by atoms with Crippen molar-refractivity contribution in [2.75, 3.05) is 26.7 Å². The van der Waals surface area contributed by atoms with E-state index in [4.69, 9.17) is 9.47 Å². The SMILES string of the molecule is COc1ccc(C(=O)N2CCC(NC(=O)CNC(=O)OC(C)(C)C)CC2)cc1. The summed E-state index contributed by atoms with van der Waals surface area (Å²) in [5, 5.41) is 5.33. The Morgan fingerprint density at radius 3 is 2.25 bits per heavy atom. The molecule has 0 atom stereocenters. The second-order valence-electron chi connectivity index (χ2n) is 7.72. The first-order valence-electron chi connectivity index (χ1n) is 9.37. The van der Waals surface area contributed by atoms with Crippen LogP contribution >= 0.6 is 0 Å². The number of carbonyl (C=O) groups is 3. The number of carbonyl (C=O) groups excluding carboxylic acids is 3. The minimum atomic E-state index is -0.623. The predicted octanol–water partition coefficient (Wildman–Crippen LogP) is 1.94. The molecule has 0 bridgehead atoms. The Balaban J connectivity index is 1.73. The second kappa shape index (κ2) is 9.43. The first-order valence-corrected chi connectivity index (χ1v) is 9.37. The Hall–Kier alpha value is -2.77. The Morgan fingerprint density at radius 2 is 1.71 bits per heavy atom. The smallest absolute Gasteiger partial charge is 0.408 e. The number of amides is 3. The van der Waals surface area contributed by atoms with E-state index in [2.05, 4.69) is 10.6 Å². The molecule has 0 saturated carbocycles. The number of benzene rings is 1. The highest BCUT2D eigenvalue weighted by molar-refractivity contribution is 5.94. The van der Waals surface area contributed by atoms with Crippen LogP contribution in [0.5, 0.6) is 5.75 Å². The lowest BCUT2D eigenvalue weighted by Crippen LogP contribution is -2.49. The van der Waals surface area contributed by atoms with E-state index in [1.807, 2.05) is 0 Å². The van der Waals surface area contributed by atoms with E-state index in [1.54, 1.807) is 57.0 Å². The molecule has 1 aliphatic heterocycles. The fourth-order valence-corrected chi connectivity index (χ4v) is 2.89. The Morgan fingerprint density at radius 1 is 1.11 bits per heavy atom. The second-order valence-corrected chi connectivity index (χ2v) is 7.72. The summed E-state index contributed by atoms with van der Waals surface area (Å²) in [6.45, 7) is 6.26. The van der Waals surface area contributed by atoms with Gasteiger partial charge in [-0.3, -0.25) is 9.59 Å². The number of rotatable bonds is 5. The number of likely N-dealkylation sites (tertiary alicyclic amines) is 1. The minimum absolute atomic E-state index is 0.0205. The van der Waals surface area contributed by atoms with E-state index in [1.165, 1.54) is 0 Å². The highest BCUT2D eigenvalue weighted by Gasteiger charge is 2.25. The third kappa shape index (κ3) is 6.75. The van der Waals surface area contributed by atoms with Gasteiger partial charge in [-0.25, -0.2) is 4.79 Å². The molecule has 0 aliphatic carbocycles. The fourth-order valence-electron chi connectivity index (χ4n) is 2.89. The van der Waals surface area contributed by atoms with Gasteiger partial charge in [0.1, 0.15) is 17.9 Å². The van der Waals surface area contributed by atoms with Crippen molar-refractivity contribution in [3.63, 3.8) is 0 Å². The van der Waals surface area contributed by atoms with Crippen molar-refractivity contribution in [3.05, 3.63) is 29.8 Å². The fraction of sp³-hybridized carbons (Fsp3) is 0.550. The van der Waals surface area contributed by atoms with Crippen LogP contribution in [0, 0.1) is 0 Å². The summed E-state index contributed by atoms with van der Waals surface area (Å²) in [7, 11) is 1.58. The average molecular weight is 391 g/mol. The third-order valence-electron chi connectivity index (χ3n) is 4.28. The summed E-state index contributed by atoms with van der Waals surface area (Å²) in [5.74, 6) is 0.405. The van der Waals surface area contributed by atoms with Gasteiger partial charge in [-0.2, -0.15) is 0 Å². The summed E-state index contributed by atoms with van der Waals surface area (Å²) < 4.78 is 10.2. The maximum absolute atomic E-state index is 12.6. The lowest BCUT2D eigenvalue weighted by Gasteiger charge is -2.32. The number of alkyl carbamates (subject to hydrolysis) is 1. The number of piperidine rings is 1. The van der Waals surface area contributed by atoms with Crippen LogP contribution < -0.4 is 15.4 Å². The molecule has 2 N–H and O–H groups in total. The molecule has 1 heterocycles. The Bertz CT molecular complexity index is 689. The number of hydrogen-bond donors (Lipinski definition) is 2. The zero-order valence-corrected chi connectivity index (χ0v) is 16.9. The highest BCUT2D eigenvalue weighted by Crippen LogP contribution is 2.17. The number of ether oxygens (including phenoxy) is 2. The van der Waals surface area contributed by atoms with Crippen LogP contribution in [0.15, 0.2) is 24.3 Å². The lowest BCUT2D eigenvalue weighted by molar-refractivity contribution is -0.121. The summed E-state index contributed by atoms with van der Waals surface area (Å²) in [6, 6.07) is 7.00. The quantitative estimate of drug-likeness (QED) is 0.800. The monoisotopic (exact) mass is 391 g/mol. The van der Waals surface area contributed by atoms with Gasteiger partial charge in [0.05, 0.1) is 7.11 Å². The lowest BCUT2D eigenvalue weighted by atomic mass is 10.0.